The van der Waals surface area contributed by atoms with Crippen LogP contribution in [-0.4, -0.2) is 40.6 Å². The third kappa shape index (κ3) is 4.16. The van der Waals surface area contributed by atoms with Crippen LogP contribution in [0.25, 0.3) is 0 Å². The number of methoxy groups -OCH3 is 1. The first-order valence-electron chi connectivity index (χ1n) is 9.40. The quantitative estimate of drug-likeness (QED) is 0.669. The molecule has 0 unspecified atom stereocenters. The summed E-state index contributed by atoms with van der Waals surface area (Å²) in [6.45, 7) is 0.602. The van der Waals surface area contributed by atoms with Gasteiger partial charge < -0.3 is 15.0 Å². The van der Waals surface area contributed by atoms with Crippen molar-refractivity contribution in [2.45, 2.75) is 18.9 Å². The third-order valence-electron chi connectivity index (χ3n) is 4.83. The van der Waals surface area contributed by atoms with E-state index in [1.807, 2.05) is 0 Å². The van der Waals surface area contributed by atoms with E-state index in [0.29, 0.717) is 28.6 Å². The van der Waals surface area contributed by atoms with Crippen LogP contribution >= 0.6 is 11.3 Å². The SMILES string of the molecule is COc1cccc(C(=O)N2CCC[C@H]2c2nnc(C(=O)Nc3cccc(F)c3)s2)c1. The summed E-state index contributed by atoms with van der Waals surface area (Å²) in [6, 6.07) is 12.4. The summed E-state index contributed by atoms with van der Waals surface area (Å²) < 4.78 is 18.5. The number of aromatic nitrogens is 2. The van der Waals surface area contributed by atoms with Gasteiger partial charge in [-0.05, 0) is 49.2 Å². The van der Waals surface area contributed by atoms with Crippen LogP contribution < -0.4 is 10.1 Å². The van der Waals surface area contributed by atoms with Gasteiger partial charge in [0.15, 0.2) is 0 Å². The molecule has 7 nitrogen and oxygen atoms in total. The van der Waals surface area contributed by atoms with Crippen molar-refractivity contribution >= 4 is 28.8 Å². The number of likely N-dealkylation sites (tertiary alicyclic amines) is 1. The molecule has 0 radical (unpaired) electrons. The highest BCUT2D eigenvalue weighted by Gasteiger charge is 2.33. The van der Waals surface area contributed by atoms with Gasteiger partial charge in [0.25, 0.3) is 11.8 Å². The number of carbonyl (C=O) groups excluding carboxylic acids is 2. The number of amides is 2. The summed E-state index contributed by atoms with van der Waals surface area (Å²) in [5, 5.41) is 11.5. The minimum atomic E-state index is -0.465. The van der Waals surface area contributed by atoms with Gasteiger partial charge in [0.2, 0.25) is 5.01 Å². The van der Waals surface area contributed by atoms with Crippen molar-refractivity contribution in [2.75, 3.05) is 19.0 Å². The van der Waals surface area contributed by atoms with Crippen molar-refractivity contribution in [3.8, 4) is 5.75 Å². The Labute approximate surface area is 176 Å². The van der Waals surface area contributed by atoms with Crippen molar-refractivity contribution in [3.05, 3.63) is 69.9 Å². The normalized spacial score (nSPS) is 15.8. The van der Waals surface area contributed by atoms with Gasteiger partial charge in [-0.15, -0.1) is 10.2 Å². The smallest absolute Gasteiger partial charge is 0.286 e. The van der Waals surface area contributed by atoms with E-state index in [2.05, 4.69) is 15.5 Å². The molecule has 1 aliphatic rings. The summed E-state index contributed by atoms with van der Waals surface area (Å²) in [5.41, 5.74) is 0.877. The van der Waals surface area contributed by atoms with Crippen molar-refractivity contribution in [3.63, 3.8) is 0 Å². The summed E-state index contributed by atoms with van der Waals surface area (Å²) >= 11 is 1.14. The monoisotopic (exact) mass is 426 g/mol. The molecular weight excluding hydrogens is 407 g/mol. The molecule has 2 aromatic carbocycles. The zero-order valence-electron chi connectivity index (χ0n) is 16.2. The molecule has 1 atom stereocenters. The first kappa shape index (κ1) is 20.0. The molecule has 30 heavy (non-hydrogen) atoms. The van der Waals surface area contributed by atoms with Crippen molar-refractivity contribution < 1.29 is 18.7 Å². The zero-order valence-corrected chi connectivity index (χ0v) is 17.0. The number of benzene rings is 2. The molecular formula is C21H19FN4O3S. The van der Waals surface area contributed by atoms with E-state index >= 15 is 0 Å². The van der Waals surface area contributed by atoms with Crippen molar-refractivity contribution in [2.24, 2.45) is 0 Å². The summed E-state index contributed by atoms with van der Waals surface area (Å²) in [4.78, 5) is 27.2. The van der Waals surface area contributed by atoms with Crippen LogP contribution in [0.1, 0.15) is 44.1 Å². The van der Waals surface area contributed by atoms with Gasteiger partial charge >= 0.3 is 0 Å². The lowest BCUT2D eigenvalue weighted by atomic mass is 10.1. The molecule has 1 fully saturated rings. The maximum absolute atomic E-state index is 13.3. The van der Waals surface area contributed by atoms with Crippen LogP contribution in [0, 0.1) is 5.82 Å². The van der Waals surface area contributed by atoms with Crippen LogP contribution in [0.2, 0.25) is 0 Å². The zero-order chi connectivity index (χ0) is 21.1. The molecule has 3 aromatic rings. The van der Waals surface area contributed by atoms with Gasteiger partial charge in [0, 0.05) is 17.8 Å². The van der Waals surface area contributed by atoms with Crippen LogP contribution in [0.5, 0.6) is 5.75 Å². The number of nitrogens with zero attached hydrogens (tertiary/aromatic N) is 3. The van der Waals surface area contributed by atoms with Crippen molar-refractivity contribution in [1.29, 1.82) is 0 Å². The standard InChI is InChI=1S/C21H19FN4O3S/c1-29-16-8-2-5-13(11-16)21(28)26-10-4-9-17(26)19-24-25-20(30-19)18(27)23-15-7-3-6-14(22)12-15/h2-3,5-8,11-12,17H,4,9-10H2,1H3,(H,23,27)/t17-/m0/s1. The number of rotatable bonds is 5. The molecule has 0 aliphatic carbocycles. The first-order chi connectivity index (χ1) is 14.5. The number of carbonyl (C=O) groups is 2. The van der Waals surface area contributed by atoms with E-state index in [4.69, 9.17) is 4.74 Å². The fraction of sp³-hybridized carbons (Fsp3) is 0.238. The molecule has 1 aliphatic heterocycles. The van der Waals surface area contributed by atoms with Gasteiger partial charge in [-0.25, -0.2) is 4.39 Å². The Morgan fingerprint density at radius 2 is 2.03 bits per heavy atom. The Hall–Kier alpha value is -3.33. The fourth-order valence-electron chi connectivity index (χ4n) is 3.40. The molecule has 0 spiro atoms. The highest BCUT2D eigenvalue weighted by Crippen LogP contribution is 2.35. The molecule has 1 N–H and O–H groups in total. The average molecular weight is 426 g/mol. The van der Waals surface area contributed by atoms with Crippen LogP contribution in [0.15, 0.2) is 48.5 Å². The number of halogens is 1. The summed E-state index contributed by atoms with van der Waals surface area (Å²) in [7, 11) is 1.56. The first-order valence-corrected chi connectivity index (χ1v) is 10.2. The van der Waals surface area contributed by atoms with E-state index in [0.717, 1.165) is 24.2 Å². The fourth-order valence-corrected chi connectivity index (χ4v) is 4.29. The second-order valence-electron chi connectivity index (χ2n) is 6.80. The van der Waals surface area contributed by atoms with E-state index < -0.39 is 11.7 Å². The number of hydrogen-bond acceptors (Lipinski definition) is 6. The van der Waals surface area contributed by atoms with Gasteiger partial charge in [-0.2, -0.15) is 0 Å². The van der Waals surface area contributed by atoms with Crippen LogP contribution in [-0.2, 0) is 0 Å². The maximum atomic E-state index is 13.3. The van der Waals surface area contributed by atoms with Gasteiger partial charge in [-0.1, -0.05) is 23.5 Å². The molecule has 154 valence electrons. The Morgan fingerprint density at radius 1 is 1.20 bits per heavy atom. The Balaban J connectivity index is 1.50. The predicted molar refractivity (Wildman–Crippen MR) is 110 cm³/mol. The van der Waals surface area contributed by atoms with E-state index in [1.165, 1.54) is 18.2 Å². The Bertz CT molecular complexity index is 1090. The van der Waals surface area contributed by atoms with E-state index in [1.54, 1.807) is 42.3 Å². The molecule has 2 heterocycles. The van der Waals surface area contributed by atoms with Crippen LogP contribution in [0.3, 0.4) is 0 Å². The molecule has 4 rings (SSSR count). The van der Waals surface area contributed by atoms with Gasteiger partial charge in [0.1, 0.15) is 16.6 Å². The number of hydrogen-bond donors (Lipinski definition) is 1. The molecule has 1 aromatic heterocycles. The molecule has 0 saturated carbocycles. The highest BCUT2D eigenvalue weighted by molar-refractivity contribution is 7.13. The summed E-state index contributed by atoms with van der Waals surface area (Å²) in [5.74, 6) is -0.405. The second kappa shape index (κ2) is 8.58. The van der Waals surface area contributed by atoms with Crippen LogP contribution in [0.4, 0.5) is 10.1 Å². The predicted octanol–water partition coefficient (Wildman–Crippen LogP) is 3.92. The number of ether oxygens (including phenoxy) is 1. The second-order valence-corrected chi connectivity index (χ2v) is 7.81. The van der Waals surface area contributed by atoms with E-state index in [-0.39, 0.29) is 17.0 Å². The van der Waals surface area contributed by atoms with Gasteiger partial charge in [-0.3, -0.25) is 9.59 Å². The van der Waals surface area contributed by atoms with Gasteiger partial charge in [0.05, 0.1) is 13.2 Å². The molecule has 9 heteroatoms. The number of anilines is 1. The largest absolute Gasteiger partial charge is 0.497 e. The molecule has 1 saturated heterocycles. The third-order valence-corrected chi connectivity index (χ3v) is 5.86. The minimum Gasteiger partial charge on any atom is -0.497 e. The van der Waals surface area contributed by atoms with E-state index in [9.17, 15) is 14.0 Å². The lowest BCUT2D eigenvalue weighted by Gasteiger charge is -2.23. The van der Waals surface area contributed by atoms with Crippen molar-refractivity contribution in [1.82, 2.24) is 15.1 Å². The molecule has 2 amide bonds. The topological polar surface area (TPSA) is 84.4 Å². The maximum Gasteiger partial charge on any atom is 0.286 e. The highest BCUT2D eigenvalue weighted by atomic mass is 32.1. The number of nitrogens with one attached hydrogen (secondary N) is 1. The Kier molecular flexibility index (Phi) is 5.71. The Morgan fingerprint density at radius 3 is 2.83 bits per heavy atom. The average Bonchev–Trinajstić information content (AvgIpc) is 3.43. The lowest BCUT2D eigenvalue weighted by Crippen LogP contribution is -2.30. The minimum absolute atomic E-state index is 0.114. The lowest BCUT2D eigenvalue weighted by molar-refractivity contribution is 0.0734. The summed E-state index contributed by atoms with van der Waals surface area (Å²) in [6.07, 6.45) is 1.58. The molecule has 0 bridgehead atoms.